The van der Waals surface area contributed by atoms with Crippen LogP contribution in [0, 0.1) is 34.5 Å². The van der Waals surface area contributed by atoms with Gasteiger partial charge in [0.15, 0.2) is 0 Å². The number of carbonyl (C=O) groups is 1. The third kappa shape index (κ3) is 3.13. The van der Waals surface area contributed by atoms with Crippen molar-refractivity contribution in [1.82, 2.24) is 0 Å². The Hall–Kier alpha value is -0.0200. The van der Waals surface area contributed by atoms with Crippen LogP contribution in [-0.2, 0) is 8.98 Å². The minimum atomic E-state index is -1.04. The lowest BCUT2D eigenvalue weighted by Crippen LogP contribution is -2.54. The molecule has 4 rings (SSSR count). The number of hydrogen-bond acceptors (Lipinski definition) is 2. The van der Waals surface area contributed by atoms with E-state index in [-0.39, 0.29) is 10.2 Å². The Bertz CT molecular complexity index is 635. The van der Waals surface area contributed by atoms with E-state index in [1.165, 1.54) is 44.9 Å². The van der Waals surface area contributed by atoms with Gasteiger partial charge in [-0.05, 0) is 93.0 Å². The summed E-state index contributed by atoms with van der Waals surface area (Å²) < 4.78 is 7.06. The highest BCUT2D eigenvalue weighted by Crippen LogP contribution is 2.66. The normalized spacial score (nSPS) is 47.2. The number of rotatable bonds is 2. The Kier molecular flexibility index (Phi) is 5.11. The molecule has 4 aliphatic carbocycles. The summed E-state index contributed by atoms with van der Waals surface area (Å²) in [5, 5.41) is 0. The maximum Gasteiger partial charge on any atom is 0.139 e. The van der Waals surface area contributed by atoms with Crippen molar-refractivity contribution in [3.05, 3.63) is 0 Å². The van der Waals surface area contributed by atoms with Gasteiger partial charge in [0.25, 0.3) is 0 Å². The lowest BCUT2D eigenvalue weighted by atomic mass is 9.45. The van der Waals surface area contributed by atoms with Gasteiger partial charge < -0.3 is 4.18 Å². The van der Waals surface area contributed by atoms with Crippen molar-refractivity contribution in [3.63, 3.8) is 0 Å². The summed E-state index contributed by atoms with van der Waals surface area (Å²) in [5.74, 6) is 3.73. The minimum Gasteiger partial charge on any atom is -0.333 e. The van der Waals surface area contributed by atoms with Crippen LogP contribution in [0.3, 0.4) is 0 Å². The Morgan fingerprint density at radius 3 is 2.36 bits per heavy atom. The van der Waals surface area contributed by atoms with Crippen LogP contribution in [0.5, 0.6) is 0 Å². The van der Waals surface area contributed by atoms with Crippen molar-refractivity contribution in [1.29, 1.82) is 0 Å². The average molecular weight is 409 g/mol. The van der Waals surface area contributed by atoms with Gasteiger partial charge in [0.05, 0.1) is 6.10 Å². The molecule has 3 heteroatoms. The van der Waals surface area contributed by atoms with E-state index in [2.05, 4.69) is 47.1 Å². The molecule has 0 radical (unpaired) electrons. The SMILES string of the molecule is CC12CC[C@H](OS(C)(C)C(C)(C)C)CC1CCC1C2CCC2(C)C(=O)CC[C@@H]12. The van der Waals surface area contributed by atoms with Crippen molar-refractivity contribution in [2.75, 3.05) is 12.5 Å². The van der Waals surface area contributed by atoms with E-state index in [4.69, 9.17) is 4.18 Å². The fourth-order valence-electron chi connectivity index (χ4n) is 7.56. The van der Waals surface area contributed by atoms with Crippen LogP contribution in [-0.4, -0.2) is 29.1 Å². The molecule has 28 heavy (non-hydrogen) atoms. The predicted molar refractivity (Wildman–Crippen MR) is 121 cm³/mol. The summed E-state index contributed by atoms with van der Waals surface area (Å²) in [7, 11) is -1.04. The minimum absolute atomic E-state index is 0.0186. The summed E-state index contributed by atoms with van der Waals surface area (Å²) in [5.41, 5.74) is 0.502. The first-order chi connectivity index (χ1) is 12.9. The molecule has 2 nitrogen and oxygen atoms in total. The average Bonchev–Trinajstić information content (AvgIpc) is 2.89. The molecule has 4 aliphatic rings. The second-order valence-corrected chi connectivity index (χ2v) is 16.3. The van der Waals surface area contributed by atoms with Gasteiger partial charge in [-0.25, -0.2) is 0 Å². The zero-order valence-corrected chi connectivity index (χ0v) is 20.3. The third-order valence-corrected chi connectivity index (χ3v) is 13.9. The molecule has 4 fully saturated rings. The van der Waals surface area contributed by atoms with E-state index < -0.39 is 10.3 Å². The molecule has 7 atom stereocenters. The lowest BCUT2D eigenvalue weighted by Gasteiger charge is -2.60. The Balaban J connectivity index is 1.48. The van der Waals surface area contributed by atoms with Crippen LogP contribution in [0.1, 0.15) is 92.4 Å². The van der Waals surface area contributed by atoms with Crippen molar-refractivity contribution >= 4 is 16.1 Å². The number of fused-ring (bicyclic) bond motifs is 5. The first-order valence-electron chi connectivity index (χ1n) is 11.8. The fourth-order valence-corrected chi connectivity index (χ4v) is 8.71. The summed E-state index contributed by atoms with van der Waals surface area (Å²) in [6.45, 7) is 11.9. The Morgan fingerprint density at radius 2 is 1.68 bits per heavy atom. The second-order valence-electron chi connectivity index (χ2n) is 12.4. The fraction of sp³-hybridized carbons (Fsp3) is 0.960. The molecular weight excluding hydrogens is 364 g/mol. The zero-order valence-electron chi connectivity index (χ0n) is 19.5. The van der Waals surface area contributed by atoms with E-state index in [0.29, 0.717) is 23.2 Å². The van der Waals surface area contributed by atoms with Crippen molar-refractivity contribution < 1.29 is 8.98 Å². The molecule has 0 heterocycles. The van der Waals surface area contributed by atoms with Gasteiger partial charge in [0, 0.05) is 16.6 Å². The molecule has 0 aromatic heterocycles. The summed E-state index contributed by atoms with van der Waals surface area (Å²) in [4.78, 5) is 12.6. The van der Waals surface area contributed by atoms with E-state index in [0.717, 1.165) is 30.6 Å². The van der Waals surface area contributed by atoms with Crippen LogP contribution in [0.25, 0.3) is 0 Å². The van der Waals surface area contributed by atoms with E-state index in [1.54, 1.807) is 0 Å². The quantitative estimate of drug-likeness (QED) is 0.504. The van der Waals surface area contributed by atoms with E-state index in [1.807, 2.05) is 0 Å². The van der Waals surface area contributed by atoms with Crippen LogP contribution < -0.4 is 0 Å². The number of hydrogen-bond donors (Lipinski definition) is 0. The molecule has 0 N–H and O–H groups in total. The monoisotopic (exact) mass is 408 g/mol. The van der Waals surface area contributed by atoms with Crippen LogP contribution in [0.2, 0.25) is 0 Å². The number of carbonyl (C=O) groups excluding carboxylic acids is 1. The van der Waals surface area contributed by atoms with Crippen molar-refractivity contribution in [3.8, 4) is 0 Å². The van der Waals surface area contributed by atoms with E-state index in [9.17, 15) is 4.79 Å². The maximum atomic E-state index is 12.6. The van der Waals surface area contributed by atoms with Gasteiger partial charge in [-0.1, -0.05) is 34.6 Å². The highest BCUT2D eigenvalue weighted by molar-refractivity contribution is 8.29. The van der Waals surface area contributed by atoms with Crippen LogP contribution in [0.4, 0.5) is 0 Å². The third-order valence-electron chi connectivity index (χ3n) is 10.2. The van der Waals surface area contributed by atoms with Gasteiger partial charge >= 0.3 is 0 Å². The molecule has 162 valence electrons. The topological polar surface area (TPSA) is 26.3 Å². The standard InChI is InChI=1S/C25H44O2S/c1-23(2,3)28(6,7)27-18-12-14-24(4)17(16-18)8-9-19-20-10-11-22(26)25(20,5)15-13-21(19)24/h17-21H,8-16H2,1-7H3/t17?,18-,19?,20-,21?,24?,25?/m0/s1. The summed E-state index contributed by atoms with van der Waals surface area (Å²) in [6, 6.07) is 0. The van der Waals surface area contributed by atoms with Crippen molar-refractivity contribution in [2.45, 2.75) is 103 Å². The van der Waals surface area contributed by atoms with Gasteiger partial charge in [-0.2, -0.15) is 0 Å². The smallest absolute Gasteiger partial charge is 0.139 e. The highest BCUT2D eigenvalue weighted by Gasteiger charge is 2.60. The molecule has 0 saturated heterocycles. The van der Waals surface area contributed by atoms with E-state index >= 15 is 0 Å². The number of ketones is 1. The summed E-state index contributed by atoms with van der Waals surface area (Å²) in [6.07, 6.45) is 16.2. The maximum absolute atomic E-state index is 12.6. The molecule has 0 spiro atoms. The second kappa shape index (κ2) is 6.74. The van der Waals surface area contributed by atoms with Crippen LogP contribution >= 0.6 is 10.3 Å². The number of Topliss-reactive ketones (excluding diaryl/α,β-unsaturated/α-hetero) is 1. The van der Waals surface area contributed by atoms with Crippen molar-refractivity contribution in [2.24, 2.45) is 34.5 Å². The molecule has 0 aromatic carbocycles. The molecule has 5 unspecified atom stereocenters. The molecular formula is C25H44O2S. The van der Waals surface area contributed by atoms with Crippen LogP contribution in [0.15, 0.2) is 0 Å². The first kappa shape index (κ1) is 21.2. The summed E-state index contributed by atoms with van der Waals surface area (Å²) >= 11 is 0. The molecule has 0 bridgehead atoms. The largest absolute Gasteiger partial charge is 0.333 e. The Morgan fingerprint density at radius 1 is 0.964 bits per heavy atom. The molecule has 0 aromatic rings. The highest BCUT2D eigenvalue weighted by atomic mass is 32.3. The van der Waals surface area contributed by atoms with Gasteiger partial charge in [-0.15, -0.1) is 10.3 Å². The first-order valence-corrected chi connectivity index (χ1v) is 14.2. The molecule has 0 amide bonds. The van der Waals surface area contributed by atoms with Gasteiger partial charge in [-0.3, -0.25) is 4.79 Å². The Labute approximate surface area is 175 Å². The van der Waals surface area contributed by atoms with Gasteiger partial charge in [0.1, 0.15) is 5.78 Å². The predicted octanol–water partition coefficient (Wildman–Crippen LogP) is 6.76. The molecule has 4 saturated carbocycles. The zero-order chi connectivity index (χ0) is 20.5. The molecule has 0 aliphatic heterocycles. The van der Waals surface area contributed by atoms with Gasteiger partial charge in [0.2, 0.25) is 0 Å². The lowest BCUT2D eigenvalue weighted by molar-refractivity contribution is -0.141.